The van der Waals surface area contributed by atoms with Crippen LogP contribution in [0.25, 0.3) is 0 Å². The van der Waals surface area contributed by atoms with Crippen molar-refractivity contribution in [2.75, 3.05) is 37.4 Å². The molecule has 1 aromatic rings. The molecule has 112 valence electrons. The van der Waals surface area contributed by atoms with E-state index in [-0.39, 0.29) is 11.5 Å². The largest absolute Gasteiger partial charge is 0.397 e. The molecule has 0 unspecified atom stereocenters. The van der Waals surface area contributed by atoms with Gasteiger partial charge in [0.25, 0.3) is 0 Å². The molecule has 0 atom stereocenters. The van der Waals surface area contributed by atoms with E-state index in [1.165, 1.54) is 13.1 Å². The second-order valence-corrected chi connectivity index (χ2v) is 6.93. The monoisotopic (exact) mass is 299 g/mol. The van der Waals surface area contributed by atoms with Gasteiger partial charge in [0.2, 0.25) is 10.0 Å². The number of sulfonamides is 1. The molecular formula is C13H21N3O3S. The highest BCUT2D eigenvalue weighted by molar-refractivity contribution is 7.89. The fraction of sp³-hybridized carbons (Fsp3) is 0.538. The number of nitrogen functional groups attached to an aromatic ring is 1. The molecule has 7 heteroatoms. The molecule has 0 saturated carbocycles. The summed E-state index contributed by atoms with van der Waals surface area (Å²) in [6, 6.07) is 4.74. The van der Waals surface area contributed by atoms with Crippen molar-refractivity contribution in [3.05, 3.63) is 18.2 Å². The number of rotatable bonds is 4. The van der Waals surface area contributed by atoms with E-state index >= 15 is 0 Å². The van der Waals surface area contributed by atoms with E-state index in [1.54, 1.807) is 12.1 Å². The Morgan fingerprint density at radius 1 is 1.40 bits per heavy atom. The summed E-state index contributed by atoms with van der Waals surface area (Å²) in [4.78, 5) is 2.30. The first-order valence-corrected chi connectivity index (χ1v) is 8.15. The lowest BCUT2D eigenvalue weighted by molar-refractivity contribution is 0.203. The standard InChI is InChI=1S/C13H21N3O3S/c1-15-20(18,19)11-2-3-12(14)13(8-11)16-6-4-10(9-17)5-7-16/h2-3,8,10,15,17H,4-7,9,14H2,1H3. The second kappa shape index (κ2) is 5.99. The van der Waals surface area contributed by atoms with E-state index in [0.717, 1.165) is 31.6 Å². The topological polar surface area (TPSA) is 95.7 Å². The van der Waals surface area contributed by atoms with Crippen LogP contribution >= 0.6 is 0 Å². The molecule has 0 aliphatic carbocycles. The first-order valence-electron chi connectivity index (χ1n) is 6.67. The SMILES string of the molecule is CNS(=O)(=O)c1ccc(N)c(N2CCC(CO)CC2)c1. The number of hydrogen-bond acceptors (Lipinski definition) is 5. The second-order valence-electron chi connectivity index (χ2n) is 5.04. The first-order chi connectivity index (χ1) is 9.47. The Bertz CT molecular complexity index is 566. The Labute approximate surface area is 119 Å². The van der Waals surface area contributed by atoms with Gasteiger partial charge in [-0.15, -0.1) is 0 Å². The third kappa shape index (κ3) is 3.05. The zero-order valence-corrected chi connectivity index (χ0v) is 12.4. The lowest BCUT2D eigenvalue weighted by Crippen LogP contribution is -2.35. The van der Waals surface area contributed by atoms with Crippen LogP contribution in [0.4, 0.5) is 11.4 Å². The van der Waals surface area contributed by atoms with Crippen LogP contribution in [0.1, 0.15) is 12.8 Å². The van der Waals surface area contributed by atoms with Crippen LogP contribution in [0.3, 0.4) is 0 Å². The van der Waals surface area contributed by atoms with E-state index in [9.17, 15) is 8.42 Å². The van der Waals surface area contributed by atoms with Crippen molar-refractivity contribution in [1.29, 1.82) is 0 Å². The molecule has 0 spiro atoms. The Morgan fingerprint density at radius 3 is 2.60 bits per heavy atom. The minimum atomic E-state index is -3.46. The van der Waals surface area contributed by atoms with Gasteiger partial charge in [0, 0.05) is 19.7 Å². The summed E-state index contributed by atoms with van der Waals surface area (Å²) in [7, 11) is -2.08. The van der Waals surface area contributed by atoms with Gasteiger partial charge in [0.1, 0.15) is 0 Å². The molecule has 1 fully saturated rings. The molecule has 20 heavy (non-hydrogen) atoms. The van der Waals surface area contributed by atoms with Gasteiger partial charge in [-0.05, 0) is 44.0 Å². The number of hydrogen-bond donors (Lipinski definition) is 3. The van der Waals surface area contributed by atoms with E-state index in [2.05, 4.69) is 9.62 Å². The highest BCUT2D eigenvalue weighted by Gasteiger charge is 2.22. The molecule has 1 saturated heterocycles. The average molecular weight is 299 g/mol. The van der Waals surface area contributed by atoms with Crippen LogP contribution in [0.5, 0.6) is 0 Å². The third-order valence-corrected chi connectivity index (χ3v) is 5.21. The van der Waals surface area contributed by atoms with E-state index in [0.29, 0.717) is 11.6 Å². The molecular weight excluding hydrogens is 278 g/mol. The summed E-state index contributed by atoms with van der Waals surface area (Å²) in [5.41, 5.74) is 7.29. The Kier molecular flexibility index (Phi) is 4.52. The molecule has 6 nitrogen and oxygen atoms in total. The highest BCUT2D eigenvalue weighted by atomic mass is 32.2. The minimum absolute atomic E-state index is 0.206. The van der Waals surface area contributed by atoms with Gasteiger partial charge < -0.3 is 15.7 Å². The maximum absolute atomic E-state index is 11.8. The van der Waals surface area contributed by atoms with Crippen molar-refractivity contribution < 1.29 is 13.5 Å². The summed E-state index contributed by atoms with van der Waals surface area (Å²) < 4.78 is 26.0. The summed E-state index contributed by atoms with van der Waals surface area (Å²) in [5, 5.41) is 9.15. The van der Waals surface area contributed by atoms with Crippen molar-refractivity contribution in [3.63, 3.8) is 0 Å². The van der Waals surface area contributed by atoms with E-state index in [4.69, 9.17) is 10.8 Å². The molecule has 1 aliphatic rings. The summed E-state index contributed by atoms with van der Waals surface area (Å²) in [6.45, 7) is 1.76. The molecule has 0 aromatic heterocycles. The van der Waals surface area contributed by atoms with Gasteiger partial charge in [-0.25, -0.2) is 13.1 Å². The quantitative estimate of drug-likeness (QED) is 0.699. The van der Waals surface area contributed by atoms with E-state index < -0.39 is 10.0 Å². The third-order valence-electron chi connectivity index (χ3n) is 3.79. The summed E-state index contributed by atoms with van der Waals surface area (Å²) in [5.74, 6) is 0.330. The fourth-order valence-electron chi connectivity index (χ4n) is 2.44. The van der Waals surface area contributed by atoms with Crippen LogP contribution < -0.4 is 15.4 Å². The molecule has 1 aliphatic heterocycles. The Balaban J connectivity index is 2.26. The number of nitrogens with zero attached hydrogens (tertiary/aromatic N) is 1. The Hall–Kier alpha value is -1.31. The molecule has 4 N–H and O–H groups in total. The average Bonchev–Trinajstić information content (AvgIpc) is 2.47. The van der Waals surface area contributed by atoms with Crippen molar-refractivity contribution in [2.45, 2.75) is 17.7 Å². The summed E-state index contributed by atoms with van der Waals surface area (Å²) >= 11 is 0. The molecule has 1 aromatic carbocycles. The number of nitrogens with one attached hydrogen (secondary N) is 1. The van der Waals surface area contributed by atoms with Gasteiger partial charge in [-0.1, -0.05) is 0 Å². The van der Waals surface area contributed by atoms with Crippen molar-refractivity contribution in [1.82, 2.24) is 4.72 Å². The zero-order chi connectivity index (χ0) is 14.8. The van der Waals surface area contributed by atoms with E-state index in [1.807, 2.05) is 0 Å². The lowest BCUT2D eigenvalue weighted by atomic mass is 9.97. The zero-order valence-electron chi connectivity index (χ0n) is 11.5. The summed E-state index contributed by atoms with van der Waals surface area (Å²) in [6.07, 6.45) is 1.78. The van der Waals surface area contributed by atoms with Gasteiger partial charge in [-0.3, -0.25) is 0 Å². The maximum Gasteiger partial charge on any atom is 0.240 e. The van der Waals surface area contributed by atoms with Gasteiger partial charge >= 0.3 is 0 Å². The molecule has 0 bridgehead atoms. The molecule has 0 radical (unpaired) electrons. The molecule has 0 amide bonds. The van der Waals surface area contributed by atoms with Crippen LogP contribution in [0.2, 0.25) is 0 Å². The number of aliphatic hydroxyl groups excluding tert-OH is 1. The van der Waals surface area contributed by atoms with Crippen LogP contribution in [-0.2, 0) is 10.0 Å². The predicted octanol–water partition coefficient (Wildman–Crippen LogP) is 0.386. The number of anilines is 2. The van der Waals surface area contributed by atoms with Crippen molar-refractivity contribution >= 4 is 21.4 Å². The van der Waals surface area contributed by atoms with Crippen molar-refractivity contribution in [3.8, 4) is 0 Å². The first kappa shape index (κ1) is 15.1. The van der Waals surface area contributed by atoms with Gasteiger partial charge in [0.15, 0.2) is 0 Å². The maximum atomic E-state index is 11.8. The van der Waals surface area contributed by atoms with Gasteiger partial charge in [-0.2, -0.15) is 0 Å². The number of aliphatic hydroxyl groups is 1. The number of nitrogens with two attached hydrogens (primary N) is 1. The lowest BCUT2D eigenvalue weighted by Gasteiger charge is -2.33. The minimum Gasteiger partial charge on any atom is -0.397 e. The smallest absolute Gasteiger partial charge is 0.240 e. The predicted molar refractivity (Wildman–Crippen MR) is 79.1 cm³/mol. The fourth-order valence-corrected chi connectivity index (χ4v) is 3.19. The molecule has 1 heterocycles. The van der Waals surface area contributed by atoms with Gasteiger partial charge in [0.05, 0.1) is 16.3 Å². The van der Waals surface area contributed by atoms with Crippen LogP contribution in [0, 0.1) is 5.92 Å². The molecule has 2 rings (SSSR count). The van der Waals surface area contributed by atoms with Crippen molar-refractivity contribution in [2.24, 2.45) is 5.92 Å². The Morgan fingerprint density at radius 2 is 2.05 bits per heavy atom. The number of piperidine rings is 1. The number of benzene rings is 1. The normalized spacial score (nSPS) is 17.4. The van der Waals surface area contributed by atoms with Crippen LogP contribution in [0.15, 0.2) is 23.1 Å². The van der Waals surface area contributed by atoms with Crippen LogP contribution in [-0.4, -0.2) is 40.3 Å². The highest BCUT2D eigenvalue weighted by Crippen LogP contribution is 2.30.